The van der Waals surface area contributed by atoms with Gasteiger partial charge in [-0.25, -0.2) is 0 Å². The molecule has 1 heterocycles. The van der Waals surface area contributed by atoms with Crippen molar-refractivity contribution in [2.75, 3.05) is 6.54 Å². The fraction of sp³-hybridized carbons (Fsp3) is 0.800. The number of likely N-dealkylation sites (tertiary alicyclic amines) is 1. The number of imide groups is 1. The van der Waals surface area contributed by atoms with E-state index in [0.29, 0.717) is 19.0 Å². The molecule has 0 radical (unpaired) electrons. The molecule has 0 aromatic carbocycles. The Balaban J connectivity index is 1.44. The van der Waals surface area contributed by atoms with E-state index in [-0.39, 0.29) is 30.2 Å². The summed E-state index contributed by atoms with van der Waals surface area (Å²) in [6.07, 6.45) is 6.82. The highest BCUT2D eigenvalue weighted by Crippen LogP contribution is 2.28. The number of amides is 3. The van der Waals surface area contributed by atoms with Crippen LogP contribution in [-0.2, 0) is 14.4 Å². The van der Waals surface area contributed by atoms with E-state index in [1.165, 1.54) is 4.90 Å². The molecule has 1 saturated heterocycles. The zero-order chi connectivity index (χ0) is 14.8. The number of nitrogens with zero attached hydrogens (tertiary/aromatic N) is 1. The Morgan fingerprint density at radius 3 is 2.52 bits per heavy atom. The molecule has 2 N–H and O–H groups in total. The van der Waals surface area contributed by atoms with E-state index in [2.05, 4.69) is 10.6 Å². The van der Waals surface area contributed by atoms with Crippen molar-refractivity contribution in [1.29, 1.82) is 0 Å². The zero-order valence-electron chi connectivity index (χ0n) is 12.3. The third kappa shape index (κ3) is 3.43. The summed E-state index contributed by atoms with van der Waals surface area (Å²) >= 11 is 0. The second-order valence-electron chi connectivity index (χ2n) is 6.34. The molecule has 3 aliphatic rings. The molecule has 6 nitrogen and oxygen atoms in total. The Hall–Kier alpha value is -1.43. The molecule has 1 unspecified atom stereocenters. The van der Waals surface area contributed by atoms with Crippen LogP contribution in [0.2, 0.25) is 0 Å². The molecule has 1 aliphatic heterocycles. The molecular formula is C15H23N3O3. The first kappa shape index (κ1) is 14.5. The normalized spacial score (nSPS) is 26.7. The first-order valence-electron chi connectivity index (χ1n) is 8.04. The predicted octanol–water partition coefficient (Wildman–Crippen LogP) is 0.315. The van der Waals surface area contributed by atoms with Gasteiger partial charge in [0, 0.05) is 25.0 Å². The minimum Gasteiger partial charge on any atom is -0.353 e. The van der Waals surface area contributed by atoms with Gasteiger partial charge in [-0.15, -0.1) is 0 Å². The lowest BCUT2D eigenvalue weighted by Gasteiger charge is -2.22. The largest absolute Gasteiger partial charge is 0.353 e. The summed E-state index contributed by atoms with van der Waals surface area (Å²) in [5.41, 5.74) is 0. The molecule has 0 aromatic heterocycles. The van der Waals surface area contributed by atoms with Gasteiger partial charge in [0.25, 0.3) is 0 Å². The molecule has 0 spiro atoms. The fourth-order valence-corrected chi connectivity index (χ4v) is 3.24. The summed E-state index contributed by atoms with van der Waals surface area (Å²) in [6.45, 7) is 0.445. The maximum absolute atomic E-state index is 12.3. The van der Waals surface area contributed by atoms with Gasteiger partial charge in [0.15, 0.2) is 0 Å². The van der Waals surface area contributed by atoms with Crippen LogP contribution in [0.5, 0.6) is 0 Å². The molecule has 2 aliphatic carbocycles. The minimum absolute atomic E-state index is 0.0226. The molecule has 3 fully saturated rings. The second kappa shape index (κ2) is 6.13. The number of hydrogen-bond donors (Lipinski definition) is 2. The number of hydrogen-bond acceptors (Lipinski definition) is 4. The summed E-state index contributed by atoms with van der Waals surface area (Å²) in [5, 5.41) is 5.98. The summed E-state index contributed by atoms with van der Waals surface area (Å²) in [6, 6.07) is 0.0341. The van der Waals surface area contributed by atoms with Crippen LogP contribution in [0.1, 0.15) is 51.4 Å². The highest BCUT2D eigenvalue weighted by molar-refractivity contribution is 6.05. The lowest BCUT2D eigenvalue weighted by Crippen LogP contribution is -2.43. The second-order valence-corrected chi connectivity index (χ2v) is 6.34. The quantitative estimate of drug-likeness (QED) is 0.691. The maximum Gasteiger partial charge on any atom is 0.247 e. The highest BCUT2D eigenvalue weighted by Gasteiger charge is 2.42. The SMILES string of the molecule is O=C(CCNC1CC(=O)N(C2CCCC2)C1=O)NC1CC1. The van der Waals surface area contributed by atoms with Crippen LogP contribution in [0, 0.1) is 0 Å². The molecule has 21 heavy (non-hydrogen) atoms. The summed E-state index contributed by atoms with van der Waals surface area (Å²) < 4.78 is 0. The van der Waals surface area contributed by atoms with Crippen molar-refractivity contribution < 1.29 is 14.4 Å². The Morgan fingerprint density at radius 2 is 1.86 bits per heavy atom. The van der Waals surface area contributed by atoms with Crippen LogP contribution in [0.4, 0.5) is 0 Å². The zero-order valence-corrected chi connectivity index (χ0v) is 12.3. The average molecular weight is 293 g/mol. The van der Waals surface area contributed by atoms with Crippen molar-refractivity contribution in [2.24, 2.45) is 0 Å². The predicted molar refractivity (Wildman–Crippen MR) is 76.3 cm³/mol. The molecular weight excluding hydrogens is 270 g/mol. The standard InChI is InChI=1S/C15H23N3O3/c19-13(17-10-5-6-10)7-8-16-12-9-14(20)18(15(12)21)11-3-1-2-4-11/h10-12,16H,1-9H2,(H,17,19). The fourth-order valence-electron chi connectivity index (χ4n) is 3.24. The van der Waals surface area contributed by atoms with E-state index < -0.39 is 6.04 Å². The minimum atomic E-state index is -0.438. The van der Waals surface area contributed by atoms with Crippen molar-refractivity contribution in [2.45, 2.75) is 69.5 Å². The average Bonchev–Trinajstić information content (AvgIpc) is 2.99. The molecule has 0 aromatic rings. The number of carbonyl (C=O) groups excluding carboxylic acids is 3. The Labute approximate surface area is 124 Å². The lowest BCUT2D eigenvalue weighted by atomic mass is 10.2. The van der Waals surface area contributed by atoms with E-state index >= 15 is 0 Å². The number of nitrogens with one attached hydrogen (secondary N) is 2. The van der Waals surface area contributed by atoms with Crippen molar-refractivity contribution >= 4 is 17.7 Å². The molecule has 116 valence electrons. The third-order valence-corrected chi connectivity index (χ3v) is 4.56. The molecule has 6 heteroatoms. The van der Waals surface area contributed by atoms with Crippen LogP contribution in [0.15, 0.2) is 0 Å². The third-order valence-electron chi connectivity index (χ3n) is 4.56. The molecule has 0 bridgehead atoms. The van der Waals surface area contributed by atoms with Crippen molar-refractivity contribution in [1.82, 2.24) is 15.5 Å². The van der Waals surface area contributed by atoms with E-state index in [9.17, 15) is 14.4 Å². The Kier molecular flexibility index (Phi) is 4.24. The Morgan fingerprint density at radius 1 is 1.14 bits per heavy atom. The van der Waals surface area contributed by atoms with E-state index in [0.717, 1.165) is 38.5 Å². The van der Waals surface area contributed by atoms with Gasteiger partial charge >= 0.3 is 0 Å². The first-order chi connectivity index (χ1) is 10.1. The van der Waals surface area contributed by atoms with Gasteiger partial charge in [0.05, 0.1) is 12.5 Å². The van der Waals surface area contributed by atoms with Crippen LogP contribution >= 0.6 is 0 Å². The molecule has 2 saturated carbocycles. The van der Waals surface area contributed by atoms with Crippen LogP contribution in [-0.4, -0.2) is 47.3 Å². The highest BCUT2D eigenvalue weighted by atomic mass is 16.2. The van der Waals surface area contributed by atoms with Crippen molar-refractivity contribution in [3.8, 4) is 0 Å². The van der Waals surface area contributed by atoms with Gasteiger partial charge in [-0.1, -0.05) is 12.8 Å². The first-order valence-corrected chi connectivity index (χ1v) is 8.04. The molecule has 1 atom stereocenters. The van der Waals surface area contributed by atoms with Gasteiger partial charge in [-0.05, 0) is 25.7 Å². The summed E-state index contributed by atoms with van der Waals surface area (Å²) in [4.78, 5) is 37.4. The number of carbonyl (C=O) groups is 3. The van der Waals surface area contributed by atoms with Crippen LogP contribution in [0.25, 0.3) is 0 Å². The van der Waals surface area contributed by atoms with E-state index in [1.54, 1.807) is 0 Å². The summed E-state index contributed by atoms with van der Waals surface area (Å²) in [7, 11) is 0. The van der Waals surface area contributed by atoms with Gasteiger partial charge in [-0.3, -0.25) is 19.3 Å². The van der Waals surface area contributed by atoms with Gasteiger partial charge in [-0.2, -0.15) is 0 Å². The molecule has 3 rings (SSSR count). The Bertz CT molecular complexity index is 441. The van der Waals surface area contributed by atoms with Crippen molar-refractivity contribution in [3.05, 3.63) is 0 Å². The lowest BCUT2D eigenvalue weighted by molar-refractivity contribution is -0.141. The van der Waals surface area contributed by atoms with E-state index in [1.807, 2.05) is 0 Å². The van der Waals surface area contributed by atoms with Gasteiger partial charge in [0.1, 0.15) is 0 Å². The maximum atomic E-state index is 12.3. The van der Waals surface area contributed by atoms with Crippen LogP contribution < -0.4 is 10.6 Å². The smallest absolute Gasteiger partial charge is 0.247 e. The van der Waals surface area contributed by atoms with Crippen molar-refractivity contribution in [3.63, 3.8) is 0 Å². The molecule has 3 amide bonds. The van der Waals surface area contributed by atoms with Crippen LogP contribution in [0.3, 0.4) is 0 Å². The van der Waals surface area contributed by atoms with E-state index in [4.69, 9.17) is 0 Å². The topological polar surface area (TPSA) is 78.5 Å². The monoisotopic (exact) mass is 293 g/mol. The number of rotatable bonds is 6. The summed E-state index contributed by atoms with van der Waals surface area (Å²) in [5.74, 6) is -0.143. The van der Waals surface area contributed by atoms with Gasteiger partial charge in [0.2, 0.25) is 17.7 Å². The van der Waals surface area contributed by atoms with Gasteiger partial charge < -0.3 is 10.6 Å².